The van der Waals surface area contributed by atoms with E-state index in [4.69, 9.17) is 9.47 Å². The molecule has 1 saturated carbocycles. The van der Waals surface area contributed by atoms with E-state index in [9.17, 15) is 4.79 Å². The van der Waals surface area contributed by atoms with E-state index >= 15 is 0 Å². The fourth-order valence-corrected chi connectivity index (χ4v) is 3.12. The second-order valence-electron chi connectivity index (χ2n) is 6.03. The van der Waals surface area contributed by atoms with Crippen molar-refractivity contribution in [3.63, 3.8) is 0 Å². The summed E-state index contributed by atoms with van der Waals surface area (Å²) in [6, 6.07) is 5.99. The molecule has 124 valence electrons. The van der Waals surface area contributed by atoms with Crippen LogP contribution in [0.4, 0.5) is 0 Å². The first-order chi connectivity index (χ1) is 11.7. The SMILES string of the molecule is COc1ccc2c(=O)n(Cc3cncn3C3CC3)ccc2c1OC. The van der Waals surface area contributed by atoms with Crippen LogP contribution < -0.4 is 15.0 Å². The third-order valence-electron chi connectivity index (χ3n) is 4.52. The molecule has 0 amide bonds. The summed E-state index contributed by atoms with van der Waals surface area (Å²) >= 11 is 0. The van der Waals surface area contributed by atoms with E-state index in [1.807, 2.05) is 18.6 Å². The number of hydrogen-bond donors (Lipinski definition) is 0. The smallest absolute Gasteiger partial charge is 0.258 e. The molecule has 3 aromatic rings. The summed E-state index contributed by atoms with van der Waals surface area (Å²) < 4.78 is 14.6. The van der Waals surface area contributed by atoms with Gasteiger partial charge in [0.1, 0.15) is 0 Å². The van der Waals surface area contributed by atoms with Gasteiger partial charge in [0.2, 0.25) is 0 Å². The van der Waals surface area contributed by atoms with Gasteiger partial charge in [0, 0.05) is 23.8 Å². The summed E-state index contributed by atoms with van der Waals surface area (Å²) in [5.41, 5.74) is 1.01. The van der Waals surface area contributed by atoms with E-state index in [0.717, 1.165) is 11.1 Å². The van der Waals surface area contributed by atoms with Crippen molar-refractivity contribution in [2.45, 2.75) is 25.4 Å². The van der Waals surface area contributed by atoms with Gasteiger partial charge in [-0.1, -0.05) is 0 Å². The Labute approximate surface area is 139 Å². The minimum Gasteiger partial charge on any atom is -0.493 e. The quantitative estimate of drug-likeness (QED) is 0.723. The van der Waals surface area contributed by atoms with E-state index in [1.54, 1.807) is 37.1 Å². The van der Waals surface area contributed by atoms with Crippen LogP contribution in [-0.2, 0) is 6.54 Å². The molecule has 4 rings (SSSR count). The summed E-state index contributed by atoms with van der Waals surface area (Å²) in [6.07, 6.45) is 7.87. The van der Waals surface area contributed by atoms with Crippen molar-refractivity contribution in [3.05, 3.63) is 53.0 Å². The molecule has 0 unspecified atom stereocenters. The largest absolute Gasteiger partial charge is 0.493 e. The van der Waals surface area contributed by atoms with Crippen molar-refractivity contribution in [1.29, 1.82) is 0 Å². The summed E-state index contributed by atoms with van der Waals surface area (Å²) in [5, 5.41) is 1.38. The molecule has 1 aromatic carbocycles. The Morgan fingerprint density at radius 3 is 2.71 bits per heavy atom. The molecule has 0 saturated heterocycles. The molecule has 0 aliphatic heterocycles. The maximum atomic E-state index is 12.9. The highest BCUT2D eigenvalue weighted by atomic mass is 16.5. The fourth-order valence-electron chi connectivity index (χ4n) is 3.12. The molecule has 0 N–H and O–H groups in total. The normalized spacial score (nSPS) is 14.1. The number of hydrogen-bond acceptors (Lipinski definition) is 4. The molecule has 0 spiro atoms. The molecular formula is C18H19N3O3. The summed E-state index contributed by atoms with van der Waals surface area (Å²) in [7, 11) is 3.17. The van der Waals surface area contributed by atoms with Crippen molar-refractivity contribution >= 4 is 10.8 Å². The number of fused-ring (bicyclic) bond motifs is 1. The van der Waals surface area contributed by atoms with Crippen molar-refractivity contribution in [2.75, 3.05) is 14.2 Å². The van der Waals surface area contributed by atoms with Gasteiger partial charge in [0.15, 0.2) is 11.5 Å². The number of rotatable bonds is 5. The van der Waals surface area contributed by atoms with Gasteiger partial charge in [-0.25, -0.2) is 4.98 Å². The van der Waals surface area contributed by atoms with Gasteiger partial charge in [-0.15, -0.1) is 0 Å². The molecule has 0 bridgehead atoms. The van der Waals surface area contributed by atoms with Crippen LogP contribution in [0.5, 0.6) is 11.5 Å². The number of benzene rings is 1. The average Bonchev–Trinajstić information content (AvgIpc) is 3.35. The van der Waals surface area contributed by atoms with Crippen LogP contribution in [0.2, 0.25) is 0 Å². The Balaban J connectivity index is 1.78. The summed E-state index contributed by atoms with van der Waals surface area (Å²) in [4.78, 5) is 17.1. The van der Waals surface area contributed by atoms with Crippen LogP contribution in [0.15, 0.2) is 41.7 Å². The highest BCUT2D eigenvalue weighted by molar-refractivity contribution is 5.90. The third-order valence-corrected chi connectivity index (χ3v) is 4.52. The Morgan fingerprint density at radius 1 is 1.17 bits per heavy atom. The van der Waals surface area contributed by atoms with E-state index in [0.29, 0.717) is 29.5 Å². The average molecular weight is 325 g/mol. The molecule has 6 nitrogen and oxygen atoms in total. The van der Waals surface area contributed by atoms with Gasteiger partial charge in [0.25, 0.3) is 5.56 Å². The first-order valence-electron chi connectivity index (χ1n) is 7.97. The topological polar surface area (TPSA) is 58.3 Å². The number of ether oxygens (including phenoxy) is 2. The van der Waals surface area contributed by atoms with Crippen LogP contribution in [0.3, 0.4) is 0 Å². The number of imidazole rings is 1. The Hall–Kier alpha value is -2.76. The van der Waals surface area contributed by atoms with Crippen LogP contribution in [0.1, 0.15) is 24.6 Å². The first-order valence-corrected chi connectivity index (χ1v) is 7.97. The highest BCUT2D eigenvalue weighted by Gasteiger charge is 2.25. The van der Waals surface area contributed by atoms with Gasteiger partial charge < -0.3 is 18.6 Å². The molecule has 24 heavy (non-hydrogen) atoms. The zero-order valence-corrected chi connectivity index (χ0v) is 13.7. The Morgan fingerprint density at radius 2 is 2.00 bits per heavy atom. The second-order valence-corrected chi connectivity index (χ2v) is 6.03. The number of aromatic nitrogens is 3. The molecule has 2 heterocycles. The van der Waals surface area contributed by atoms with Gasteiger partial charge in [0.05, 0.1) is 38.2 Å². The minimum atomic E-state index is -0.0444. The summed E-state index contributed by atoms with van der Waals surface area (Å²) in [5.74, 6) is 1.20. The zero-order chi connectivity index (χ0) is 16.7. The fraction of sp³-hybridized carbons (Fsp3) is 0.333. The van der Waals surface area contributed by atoms with Crippen LogP contribution >= 0.6 is 0 Å². The minimum absolute atomic E-state index is 0.0444. The van der Waals surface area contributed by atoms with Crippen LogP contribution in [-0.4, -0.2) is 28.3 Å². The van der Waals surface area contributed by atoms with Gasteiger partial charge >= 0.3 is 0 Å². The Bertz CT molecular complexity index is 954. The monoisotopic (exact) mass is 325 g/mol. The molecule has 6 heteroatoms. The van der Waals surface area contributed by atoms with E-state index in [1.165, 1.54) is 12.8 Å². The lowest BCUT2D eigenvalue weighted by Gasteiger charge is -2.13. The zero-order valence-electron chi connectivity index (χ0n) is 13.7. The standard InChI is InChI=1S/C18H19N3O3/c1-23-16-6-5-15-14(17(16)24-2)7-8-20(18(15)22)10-13-9-19-11-21(13)12-3-4-12/h5-9,11-12H,3-4,10H2,1-2H3. The molecule has 0 radical (unpaired) electrons. The first kappa shape index (κ1) is 14.8. The van der Waals surface area contributed by atoms with Crippen molar-refractivity contribution in [1.82, 2.24) is 14.1 Å². The second kappa shape index (κ2) is 5.70. The maximum Gasteiger partial charge on any atom is 0.258 e. The van der Waals surface area contributed by atoms with Crippen molar-refractivity contribution < 1.29 is 9.47 Å². The number of pyridine rings is 1. The predicted molar refractivity (Wildman–Crippen MR) is 90.9 cm³/mol. The maximum absolute atomic E-state index is 12.9. The Kier molecular flexibility index (Phi) is 3.52. The molecule has 2 aromatic heterocycles. The van der Waals surface area contributed by atoms with Crippen LogP contribution in [0.25, 0.3) is 10.8 Å². The lowest BCUT2D eigenvalue weighted by atomic mass is 10.1. The molecule has 1 aliphatic rings. The van der Waals surface area contributed by atoms with E-state index in [2.05, 4.69) is 9.55 Å². The van der Waals surface area contributed by atoms with Crippen molar-refractivity contribution in [3.8, 4) is 11.5 Å². The summed E-state index contributed by atoms with van der Waals surface area (Å²) in [6.45, 7) is 0.514. The third kappa shape index (κ3) is 2.35. The van der Waals surface area contributed by atoms with Crippen molar-refractivity contribution in [2.24, 2.45) is 0 Å². The predicted octanol–water partition coefficient (Wildman–Crippen LogP) is 2.60. The van der Waals surface area contributed by atoms with E-state index < -0.39 is 0 Å². The molecule has 1 fully saturated rings. The van der Waals surface area contributed by atoms with Crippen LogP contribution in [0, 0.1) is 0 Å². The molecule has 0 atom stereocenters. The molecule has 1 aliphatic carbocycles. The lowest BCUT2D eigenvalue weighted by molar-refractivity contribution is 0.358. The van der Waals surface area contributed by atoms with Gasteiger partial charge in [-0.3, -0.25) is 4.79 Å². The number of nitrogens with zero attached hydrogens (tertiary/aromatic N) is 3. The van der Waals surface area contributed by atoms with E-state index in [-0.39, 0.29) is 5.56 Å². The van der Waals surface area contributed by atoms with Gasteiger partial charge in [-0.05, 0) is 31.0 Å². The highest BCUT2D eigenvalue weighted by Crippen LogP contribution is 2.36. The lowest BCUT2D eigenvalue weighted by Crippen LogP contribution is -2.21. The molecular weight excluding hydrogens is 306 g/mol. The van der Waals surface area contributed by atoms with Gasteiger partial charge in [-0.2, -0.15) is 0 Å². The number of methoxy groups -OCH3 is 2.